The Morgan fingerprint density at radius 3 is 2.33 bits per heavy atom. The predicted octanol–water partition coefficient (Wildman–Crippen LogP) is 6.98. The fourth-order valence-corrected chi connectivity index (χ4v) is 6.35. The normalized spacial score (nSPS) is 23.7. The lowest BCUT2D eigenvalue weighted by Crippen LogP contribution is -2.40. The Kier molecular flexibility index (Phi) is 8.58. The molecule has 202 valence electrons. The Morgan fingerprint density at radius 1 is 0.923 bits per heavy atom. The zero-order valence-electron chi connectivity index (χ0n) is 22.2. The second-order valence-electron chi connectivity index (χ2n) is 10.9. The summed E-state index contributed by atoms with van der Waals surface area (Å²) in [5.74, 6) is -0.624. The number of hydrogen-bond acceptors (Lipinski definition) is 4. The van der Waals surface area contributed by atoms with Gasteiger partial charge in [0, 0.05) is 17.8 Å². The molecule has 0 unspecified atom stereocenters. The highest BCUT2D eigenvalue weighted by molar-refractivity contribution is 5.89. The highest BCUT2D eigenvalue weighted by Crippen LogP contribution is 2.57. The van der Waals surface area contributed by atoms with Gasteiger partial charge < -0.3 is 14.6 Å². The molecule has 39 heavy (non-hydrogen) atoms. The molecule has 2 fully saturated rings. The second-order valence-corrected chi connectivity index (χ2v) is 10.9. The molecule has 1 heterocycles. The van der Waals surface area contributed by atoms with E-state index in [1.165, 1.54) is 16.7 Å². The van der Waals surface area contributed by atoms with Crippen LogP contribution in [0, 0.1) is 17.3 Å². The summed E-state index contributed by atoms with van der Waals surface area (Å²) in [6, 6.07) is 28.4. The number of carbonyl (C=O) groups excluding carboxylic acids is 1. The number of unbranched alkanes of at least 4 members (excludes halogenated alkanes) is 1. The van der Waals surface area contributed by atoms with Gasteiger partial charge in [0.2, 0.25) is 0 Å². The van der Waals surface area contributed by atoms with Crippen molar-refractivity contribution in [3.05, 3.63) is 108 Å². The van der Waals surface area contributed by atoms with Crippen LogP contribution in [0.15, 0.2) is 97.1 Å². The zero-order chi connectivity index (χ0) is 27.1. The van der Waals surface area contributed by atoms with Gasteiger partial charge in [-0.2, -0.15) is 0 Å². The first kappa shape index (κ1) is 26.9. The van der Waals surface area contributed by atoms with Gasteiger partial charge in [0.05, 0.1) is 24.9 Å². The standard InChI is InChI=1S/C34H36O5/c35-32(36)16-10-2-1-9-15-30-29(23-38-33(37)28-13-7-4-8-14-28)31-22-34(30,24-39-31)21-25-17-19-27(20-18-25)26-11-5-3-6-12-26/h1,3-9,11-14,17-20,29-31H,2,10,15-16,21-24H2,(H,35,36)/b9-1-/t29-,30-,31-,34-/m1/s1. The highest BCUT2D eigenvalue weighted by Gasteiger charge is 2.58. The van der Waals surface area contributed by atoms with E-state index >= 15 is 0 Å². The van der Waals surface area contributed by atoms with Crippen molar-refractivity contribution in [1.29, 1.82) is 0 Å². The Hall–Kier alpha value is -3.70. The van der Waals surface area contributed by atoms with Crippen LogP contribution in [0.25, 0.3) is 11.1 Å². The topological polar surface area (TPSA) is 72.8 Å². The van der Waals surface area contributed by atoms with Crippen molar-refractivity contribution in [3.63, 3.8) is 0 Å². The zero-order valence-corrected chi connectivity index (χ0v) is 22.2. The van der Waals surface area contributed by atoms with Crippen LogP contribution in [0.4, 0.5) is 0 Å². The van der Waals surface area contributed by atoms with Gasteiger partial charge in [-0.3, -0.25) is 4.79 Å². The molecule has 2 bridgehead atoms. The summed E-state index contributed by atoms with van der Waals surface area (Å²) in [6.45, 7) is 1.05. The highest BCUT2D eigenvalue weighted by atomic mass is 16.5. The van der Waals surface area contributed by atoms with Crippen LogP contribution in [0.5, 0.6) is 0 Å². The van der Waals surface area contributed by atoms with Crippen LogP contribution >= 0.6 is 0 Å². The van der Waals surface area contributed by atoms with Crippen LogP contribution in [0.3, 0.4) is 0 Å². The number of carbonyl (C=O) groups is 2. The van der Waals surface area contributed by atoms with Gasteiger partial charge in [-0.05, 0) is 66.8 Å². The molecular weight excluding hydrogens is 488 g/mol. The van der Waals surface area contributed by atoms with E-state index in [-0.39, 0.29) is 29.8 Å². The molecule has 3 aromatic rings. The van der Waals surface area contributed by atoms with Crippen molar-refractivity contribution in [2.75, 3.05) is 13.2 Å². The number of rotatable bonds is 12. The molecule has 4 atom stereocenters. The largest absolute Gasteiger partial charge is 0.481 e. The molecule has 0 spiro atoms. The van der Waals surface area contributed by atoms with E-state index in [0.717, 1.165) is 25.7 Å². The van der Waals surface area contributed by atoms with Crippen LogP contribution in [-0.2, 0) is 20.7 Å². The number of hydrogen-bond donors (Lipinski definition) is 1. The van der Waals surface area contributed by atoms with Gasteiger partial charge in [0.15, 0.2) is 0 Å². The molecule has 3 aromatic carbocycles. The summed E-state index contributed by atoms with van der Waals surface area (Å²) in [7, 11) is 0. The van der Waals surface area contributed by atoms with E-state index < -0.39 is 5.97 Å². The fraction of sp³-hybridized carbons (Fsp3) is 0.353. The van der Waals surface area contributed by atoms with E-state index in [2.05, 4.69) is 60.7 Å². The molecule has 0 radical (unpaired) electrons. The molecule has 5 rings (SSSR count). The number of carboxylic acids is 1. The van der Waals surface area contributed by atoms with Gasteiger partial charge in [-0.15, -0.1) is 0 Å². The Bertz CT molecular complexity index is 1270. The summed E-state index contributed by atoms with van der Waals surface area (Å²) in [4.78, 5) is 23.5. The van der Waals surface area contributed by atoms with Crippen molar-refractivity contribution in [2.24, 2.45) is 17.3 Å². The lowest BCUT2D eigenvalue weighted by Gasteiger charge is -2.38. The molecule has 2 aliphatic rings. The maximum atomic E-state index is 12.7. The van der Waals surface area contributed by atoms with E-state index in [4.69, 9.17) is 14.6 Å². The first-order valence-corrected chi connectivity index (χ1v) is 13.9. The summed E-state index contributed by atoms with van der Waals surface area (Å²) < 4.78 is 12.1. The molecule has 0 aromatic heterocycles. The SMILES string of the molecule is O=C(O)CCC/C=C\C[C@@H]1[C@@H](COC(=O)c2ccccc2)[C@H]2C[C@]1(Cc1ccc(-c3ccccc3)cc1)CO2. The summed E-state index contributed by atoms with van der Waals surface area (Å²) in [5.41, 5.74) is 4.24. The van der Waals surface area contributed by atoms with Crippen LogP contribution in [0.1, 0.15) is 48.0 Å². The Morgan fingerprint density at radius 2 is 1.62 bits per heavy atom. The third kappa shape index (κ3) is 6.48. The van der Waals surface area contributed by atoms with Crippen molar-refractivity contribution in [2.45, 2.75) is 44.6 Å². The number of ether oxygens (including phenoxy) is 2. The van der Waals surface area contributed by atoms with E-state index in [9.17, 15) is 9.59 Å². The molecule has 1 aliphatic heterocycles. The molecular formula is C34H36O5. The van der Waals surface area contributed by atoms with Crippen molar-refractivity contribution in [3.8, 4) is 11.1 Å². The quantitative estimate of drug-likeness (QED) is 0.157. The lowest BCUT2D eigenvalue weighted by atomic mass is 9.70. The number of allylic oxidation sites excluding steroid dienone is 2. The number of esters is 1. The maximum Gasteiger partial charge on any atom is 0.338 e. The van der Waals surface area contributed by atoms with Crippen molar-refractivity contribution < 1.29 is 24.2 Å². The molecule has 1 N–H and O–H groups in total. The van der Waals surface area contributed by atoms with Gasteiger partial charge in [0.25, 0.3) is 0 Å². The molecule has 0 amide bonds. The van der Waals surface area contributed by atoms with E-state index in [1.54, 1.807) is 12.1 Å². The summed E-state index contributed by atoms with van der Waals surface area (Å²) in [6.07, 6.45) is 8.68. The van der Waals surface area contributed by atoms with E-state index in [1.807, 2.05) is 24.3 Å². The maximum absolute atomic E-state index is 12.7. The minimum atomic E-state index is -0.758. The van der Waals surface area contributed by atoms with Crippen LogP contribution in [0.2, 0.25) is 0 Å². The smallest absolute Gasteiger partial charge is 0.338 e. The summed E-state index contributed by atoms with van der Waals surface area (Å²) >= 11 is 0. The van der Waals surface area contributed by atoms with Gasteiger partial charge in [0.1, 0.15) is 0 Å². The predicted molar refractivity (Wildman–Crippen MR) is 151 cm³/mol. The van der Waals surface area contributed by atoms with Crippen molar-refractivity contribution in [1.82, 2.24) is 0 Å². The van der Waals surface area contributed by atoms with Crippen LogP contribution in [-0.4, -0.2) is 36.4 Å². The lowest BCUT2D eigenvalue weighted by molar-refractivity contribution is -0.137. The minimum absolute atomic E-state index is 0.0197. The monoisotopic (exact) mass is 524 g/mol. The van der Waals surface area contributed by atoms with Crippen LogP contribution < -0.4 is 0 Å². The average molecular weight is 525 g/mol. The number of fused-ring (bicyclic) bond motifs is 2. The minimum Gasteiger partial charge on any atom is -0.481 e. The van der Waals surface area contributed by atoms with Gasteiger partial charge in [-0.1, -0.05) is 84.9 Å². The second kappa shape index (κ2) is 12.4. The number of carboxylic acid groups (broad SMARTS) is 1. The number of benzene rings is 3. The third-order valence-electron chi connectivity index (χ3n) is 8.33. The van der Waals surface area contributed by atoms with Gasteiger partial charge >= 0.3 is 11.9 Å². The molecule has 1 saturated carbocycles. The first-order valence-electron chi connectivity index (χ1n) is 13.9. The number of aliphatic carboxylic acids is 1. The Labute approximate surface area is 230 Å². The molecule has 1 saturated heterocycles. The first-order chi connectivity index (χ1) is 19.0. The molecule has 5 nitrogen and oxygen atoms in total. The van der Waals surface area contributed by atoms with Crippen molar-refractivity contribution >= 4 is 11.9 Å². The molecule has 5 heteroatoms. The Balaban J connectivity index is 1.30. The van der Waals surface area contributed by atoms with Gasteiger partial charge in [-0.25, -0.2) is 4.79 Å². The fourth-order valence-electron chi connectivity index (χ4n) is 6.35. The van der Waals surface area contributed by atoms with E-state index in [0.29, 0.717) is 31.1 Å². The molecule has 1 aliphatic carbocycles. The third-order valence-corrected chi connectivity index (χ3v) is 8.33. The summed E-state index contributed by atoms with van der Waals surface area (Å²) in [5, 5.41) is 8.91. The average Bonchev–Trinajstić information content (AvgIpc) is 3.51.